The lowest BCUT2D eigenvalue weighted by Gasteiger charge is -2.35. The molecule has 4 nitrogen and oxygen atoms in total. The SMILES string of the molecule is C[C@@H](O)c1cccnc1N(C)CC1CC(O)C1. The molecule has 0 unspecified atom stereocenters. The van der Waals surface area contributed by atoms with Crippen LogP contribution < -0.4 is 4.90 Å². The lowest BCUT2D eigenvalue weighted by atomic mass is 9.82. The Labute approximate surface area is 102 Å². The molecule has 0 aliphatic heterocycles. The van der Waals surface area contributed by atoms with Gasteiger partial charge >= 0.3 is 0 Å². The zero-order valence-corrected chi connectivity index (χ0v) is 10.4. The zero-order chi connectivity index (χ0) is 12.4. The number of aliphatic hydroxyl groups is 2. The summed E-state index contributed by atoms with van der Waals surface area (Å²) in [5.74, 6) is 1.38. The van der Waals surface area contributed by atoms with E-state index >= 15 is 0 Å². The highest BCUT2D eigenvalue weighted by molar-refractivity contribution is 5.47. The molecule has 2 rings (SSSR count). The summed E-state index contributed by atoms with van der Waals surface area (Å²) in [6.07, 6.45) is 2.87. The summed E-state index contributed by atoms with van der Waals surface area (Å²) in [5.41, 5.74) is 0.856. The van der Waals surface area contributed by atoms with Crippen LogP contribution in [-0.4, -0.2) is 34.9 Å². The number of hydrogen-bond donors (Lipinski definition) is 2. The molecule has 1 aliphatic rings. The molecule has 0 spiro atoms. The van der Waals surface area contributed by atoms with Crippen LogP contribution >= 0.6 is 0 Å². The number of pyridine rings is 1. The number of anilines is 1. The van der Waals surface area contributed by atoms with E-state index in [2.05, 4.69) is 9.88 Å². The Morgan fingerprint density at radius 3 is 2.82 bits per heavy atom. The van der Waals surface area contributed by atoms with Crippen molar-refractivity contribution in [2.24, 2.45) is 5.92 Å². The fourth-order valence-corrected chi connectivity index (χ4v) is 2.38. The molecule has 4 heteroatoms. The Morgan fingerprint density at radius 1 is 1.53 bits per heavy atom. The van der Waals surface area contributed by atoms with Gasteiger partial charge in [0.25, 0.3) is 0 Å². The third kappa shape index (κ3) is 2.76. The molecule has 2 N–H and O–H groups in total. The van der Waals surface area contributed by atoms with Crippen molar-refractivity contribution in [1.29, 1.82) is 0 Å². The van der Waals surface area contributed by atoms with Gasteiger partial charge in [-0.25, -0.2) is 4.98 Å². The second kappa shape index (κ2) is 5.02. The van der Waals surface area contributed by atoms with Crippen molar-refractivity contribution < 1.29 is 10.2 Å². The van der Waals surface area contributed by atoms with Crippen LogP contribution in [0.25, 0.3) is 0 Å². The summed E-state index contributed by atoms with van der Waals surface area (Å²) in [7, 11) is 1.99. The summed E-state index contributed by atoms with van der Waals surface area (Å²) in [4.78, 5) is 6.40. The van der Waals surface area contributed by atoms with Gasteiger partial charge in [0.2, 0.25) is 0 Å². The average Bonchev–Trinajstić information content (AvgIpc) is 2.27. The van der Waals surface area contributed by atoms with E-state index in [9.17, 15) is 10.2 Å². The van der Waals surface area contributed by atoms with Gasteiger partial charge in [0.05, 0.1) is 12.2 Å². The van der Waals surface area contributed by atoms with Crippen molar-refractivity contribution in [2.75, 3.05) is 18.5 Å². The standard InChI is InChI=1S/C13H20N2O2/c1-9(16)12-4-3-5-14-13(12)15(2)8-10-6-11(17)7-10/h3-5,9-11,16-17H,6-8H2,1-2H3/t9-,10?,11?/m1/s1. The largest absolute Gasteiger partial charge is 0.393 e. The van der Waals surface area contributed by atoms with Crippen LogP contribution in [0, 0.1) is 5.92 Å². The third-order valence-corrected chi connectivity index (χ3v) is 3.37. The molecule has 1 saturated carbocycles. The number of rotatable bonds is 4. The molecule has 1 atom stereocenters. The molecule has 0 aromatic carbocycles. The number of aromatic nitrogens is 1. The maximum absolute atomic E-state index is 9.69. The summed E-state index contributed by atoms with van der Waals surface area (Å²) in [6.45, 7) is 2.63. The van der Waals surface area contributed by atoms with Gasteiger partial charge < -0.3 is 15.1 Å². The molecule has 0 amide bonds. The molecule has 94 valence electrons. The minimum Gasteiger partial charge on any atom is -0.393 e. The van der Waals surface area contributed by atoms with Gasteiger partial charge in [-0.05, 0) is 31.7 Å². The molecule has 0 radical (unpaired) electrons. The first-order valence-electron chi connectivity index (χ1n) is 6.10. The van der Waals surface area contributed by atoms with Crippen molar-refractivity contribution in [2.45, 2.75) is 32.0 Å². The number of nitrogens with zero attached hydrogens (tertiary/aromatic N) is 2. The van der Waals surface area contributed by atoms with Crippen molar-refractivity contribution >= 4 is 5.82 Å². The van der Waals surface area contributed by atoms with Gasteiger partial charge in [0.15, 0.2) is 0 Å². The van der Waals surface area contributed by atoms with Crippen LogP contribution in [-0.2, 0) is 0 Å². The summed E-state index contributed by atoms with van der Waals surface area (Å²) in [6, 6.07) is 3.74. The first kappa shape index (κ1) is 12.3. The van der Waals surface area contributed by atoms with Crippen molar-refractivity contribution in [3.05, 3.63) is 23.9 Å². The van der Waals surface area contributed by atoms with Crippen LogP contribution in [0.2, 0.25) is 0 Å². The van der Waals surface area contributed by atoms with Gasteiger partial charge in [-0.15, -0.1) is 0 Å². The maximum atomic E-state index is 9.69. The topological polar surface area (TPSA) is 56.6 Å². The second-order valence-corrected chi connectivity index (χ2v) is 4.96. The highest BCUT2D eigenvalue weighted by Gasteiger charge is 2.28. The first-order valence-corrected chi connectivity index (χ1v) is 6.10. The lowest BCUT2D eigenvalue weighted by molar-refractivity contribution is 0.0463. The highest BCUT2D eigenvalue weighted by Crippen LogP contribution is 2.30. The third-order valence-electron chi connectivity index (χ3n) is 3.37. The lowest BCUT2D eigenvalue weighted by Crippen LogP contribution is -2.37. The zero-order valence-electron chi connectivity index (χ0n) is 10.4. The Bertz CT molecular complexity index is 375. The minimum absolute atomic E-state index is 0.117. The molecule has 17 heavy (non-hydrogen) atoms. The van der Waals surface area contributed by atoms with Gasteiger partial charge in [-0.2, -0.15) is 0 Å². The summed E-state index contributed by atoms with van der Waals surface area (Å²) >= 11 is 0. The predicted octanol–water partition coefficient (Wildman–Crippen LogP) is 1.34. The summed E-state index contributed by atoms with van der Waals surface area (Å²) in [5, 5.41) is 19.0. The molecule has 0 bridgehead atoms. The van der Waals surface area contributed by atoms with E-state index in [1.165, 1.54) is 0 Å². The normalized spacial score (nSPS) is 25.2. The average molecular weight is 236 g/mol. The van der Waals surface area contributed by atoms with E-state index in [-0.39, 0.29) is 6.10 Å². The van der Waals surface area contributed by atoms with E-state index in [0.717, 1.165) is 30.8 Å². The van der Waals surface area contributed by atoms with Crippen LogP contribution in [0.4, 0.5) is 5.82 Å². The molecule has 1 aliphatic carbocycles. The quantitative estimate of drug-likeness (QED) is 0.828. The first-order chi connectivity index (χ1) is 8.08. The van der Waals surface area contributed by atoms with E-state index < -0.39 is 6.10 Å². The number of aliphatic hydroxyl groups excluding tert-OH is 2. The Kier molecular flexibility index (Phi) is 3.64. The molecule has 1 aromatic rings. The molecular formula is C13H20N2O2. The second-order valence-electron chi connectivity index (χ2n) is 4.96. The van der Waals surface area contributed by atoms with Crippen molar-refractivity contribution in [3.63, 3.8) is 0 Å². The van der Waals surface area contributed by atoms with Crippen molar-refractivity contribution in [1.82, 2.24) is 4.98 Å². The number of hydrogen-bond acceptors (Lipinski definition) is 4. The Balaban J connectivity index is 2.05. The van der Waals surface area contributed by atoms with Gasteiger partial charge in [-0.1, -0.05) is 6.07 Å². The summed E-state index contributed by atoms with van der Waals surface area (Å²) < 4.78 is 0. The molecular weight excluding hydrogens is 216 g/mol. The van der Waals surface area contributed by atoms with Crippen LogP contribution in [0.5, 0.6) is 0 Å². The van der Waals surface area contributed by atoms with E-state index in [4.69, 9.17) is 0 Å². The van der Waals surface area contributed by atoms with Gasteiger partial charge in [0, 0.05) is 25.4 Å². The molecule has 1 fully saturated rings. The van der Waals surface area contributed by atoms with E-state index in [1.807, 2.05) is 19.2 Å². The highest BCUT2D eigenvalue weighted by atomic mass is 16.3. The van der Waals surface area contributed by atoms with Gasteiger partial charge in [0.1, 0.15) is 5.82 Å². The fraction of sp³-hybridized carbons (Fsp3) is 0.615. The van der Waals surface area contributed by atoms with Crippen LogP contribution in [0.3, 0.4) is 0 Å². The Morgan fingerprint density at radius 2 is 2.24 bits per heavy atom. The monoisotopic (exact) mass is 236 g/mol. The van der Waals surface area contributed by atoms with Gasteiger partial charge in [-0.3, -0.25) is 0 Å². The Hall–Kier alpha value is -1.13. The van der Waals surface area contributed by atoms with Crippen LogP contribution in [0.1, 0.15) is 31.4 Å². The maximum Gasteiger partial charge on any atom is 0.134 e. The smallest absolute Gasteiger partial charge is 0.134 e. The molecule has 0 saturated heterocycles. The van der Waals surface area contributed by atoms with E-state index in [0.29, 0.717) is 5.92 Å². The van der Waals surface area contributed by atoms with Crippen LogP contribution in [0.15, 0.2) is 18.3 Å². The fourth-order valence-electron chi connectivity index (χ4n) is 2.38. The predicted molar refractivity (Wildman–Crippen MR) is 66.9 cm³/mol. The molecule has 1 aromatic heterocycles. The van der Waals surface area contributed by atoms with Crippen molar-refractivity contribution in [3.8, 4) is 0 Å². The van der Waals surface area contributed by atoms with E-state index in [1.54, 1.807) is 13.1 Å². The molecule has 1 heterocycles. The minimum atomic E-state index is -0.506.